The standard InChI is InChI=1S/C18H14FN3O5S4/c1-22-15-8-7-11(10-12(15)18(23)29-22)30(24,25)21-17-13(19)4-2-5-14(17)20-31(26,27)16-6-3-9-28-16/h2-10,20-21H,1H3. The normalized spacial score (nSPS) is 12.2. The minimum atomic E-state index is -4.33. The predicted molar refractivity (Wildman–Crippen MR) is 119 cm³/mol. The molecule has 0 aliphatic carbocycles. The van der Waals surface area contributed by atoms with E-state index in [9.17, 15) is 26.0 Å². The molecular formula is C18H14FN3O5S4. The molecule has 8 nitrogen and oxygen atoms in total. The van der Waals surface area contributed by atoms with Crippen LogP contribution in [0.5, 0.6) is 0 Å². The maximum Gasteiger partial charge on any atom is 0.271 e. The van der Waals surface area contributed by atoms with Crippen molar-refractivity contribution in [3.63, 3.8) is 0 Å². The van der Waals surface area contributed by atoms with Crippen LogP contribution in [-0.4, -0.2) is 20.8 Å². The Morgan fingerprint density at radius 1 is 0.968 bits per heavy atom. The summed E-state index contributed by atoms with van der Waals surface area (Å²) in [6.07, 6.45) is 0. The number of hydrogen-bond donors (Lipinski definition) is 2. The number of para-hydroxylation sites is 1. The van der Waals surface area contributed by atoms with Gasteiger partial charge < -0.3 is 0 Å². The van der Waals surface area contributed by atoms with Gasteiger partial charge in [-0.15, -0.1) is 11.3 Å². The van der Waals surface area contributed by atoms with E-state index in [2.05, 4.69) is 9.44 Å². The summed E-state index contributed by atoms with van der Waals surface area (Å²) in [6.45, 7) is 0. The van der Waals surface area contributed by atoms with Crippen LogP contribution in [0.2, 0.25) is 0 Å². The monoisotopic (exact) mass is 499 g/mol. The highest BCUT2D eigenvalue weighted by molar-refractivity contribution is 7.94. The molecule has 2 aromatic heterocycles. The summed E-state index contributed by atoms with van der Waals surface area (Å²) in [5.41, 5.74) is -0.269. The molecule has 0 saturated carbocycles. The molecule has 2 aromatic carbocycles. The van der Waals surface area contributed by atoms with Gasteiger partial charge in [0.25, 0.3) is 24.8 Å². The molecule has 0 aliphatic rings. The van der Waals surface area contributed by atoms with Gasteiger partial charge in [0.05, 0.1) is 21.5 Å². The van der Waals surface area contributed by atoms with Crippen LogP contribution >= 0.6 is 22.9 Å². The summed E-state index contributed by atoms with van der Waals surface area (Å²) >= 11 is 1.89. The Labute approximate surface area is 184 Å². The average Bonchev–Trinajstić information content (AvgIpc) is 3.34. The zero-order valence-corrected chi connectivity index (χ0v) is 19.0. The molecular weight excluding hydrogens is 485 g/mol. The molecule has 162 valence electrons. The molecule has 0 saturated heterocycles. The van der Waals surface area contributed by atoms with Gasteiger partial charge in [0.15, 0.2) is 0 Å². The van der Waals surface area contributed by atoms with Crippen molar-refractivity contribution in [3.8, 4) is 0 Å². The third-order valence-corrected chi connectivity index (χ3v) is 9.28. The number of hydrogen-bond acceptors (Lipinski definition) is 7. The van der Waals surface area contributed by atoms with Crippen molar-refractivity contribution in [2.75, 3.05) is 9.44 Å². The second-order valence-corrected chi connectivity index (χ2v) is 12.0. The van der Waals surface area contributed by atoms with Crippen molar-refractivity contribution < 1.29 is 21.2 Å². The Kier molecular flexibility index (Phi) is 5.37. The van der Waals surface area contributed by atoms with Crippen molar-refractivity contribution in [1.29, 1.82) is 0 Å². The van der Waals surface area contributed by atoms with Gasteiger partial charge in [0.2, 0.25) is 0 Å². The second-order valence-electron chi connectivity index (χ2n) is 6.36. The Hall–Kier alpha value is -2.74. The van der Waals surface area contributed by atoms with Gasteiger partial charge in [-0.1, -0.05) is 12.1 Å². The Balaban J connectivity index is 1.74. The zero-order valence-electron chi connectivity index (χ0n) is 15.7. The second kappa shape index (κ2) is 7.75. The first-order valence-electron chi connectivity index (χ1n) is 8.56. The summed E-state index contributed by atoms with van der Waals surface area (Å²) in [7, 11) is -6.70. The number of nitrogens with one attached hydrogen (secondary N) is 2. The van der Waals surface area contributed by atoms with Gasteiger partial charge in [-0.05, 0) is 53.3 Å². The largest absolute Gasteiger partial charge is 0.297 e. The molecule has 0 bridgehead atoms. The van der Waals surface area contributed by atoms with Crippen molar-refractivity contribution in [3.05, 3.63) is 69.3 Å². The van der Waals surface area contributed by atoms with E-state index in [4.69, 9.17) is 0 Å². The predicted octanol–water partition coefficient (Wildman–Crippen LogP) is 3.40. The van der Waals surface area contributed by atoms with Gasteiger partial charge in [0.1, 0.15) is 15.7 Å². The highest BCUT2D eigenvalue weighted by Gasteiger charge is 2.23. The molecule has 4 rings (SSSR count). The Morgan fingerprint density at radius 2 is 1.74 bits per heavy atom. The number of aromatic nitrogens is 1. The molecule has 4 aromatic rings. The van der Waals surface area contributed by atoms with E-state index in [0.29, 0.717) is 5.52 Å². The lowest BCUT2D eigenvalue weighted by molar-refractivity contribution is 0.597. The van der Waals surface area contributed by atoms with Crippen LogP contribution in [-0.2, 0) is 27.1 Å². The molecule has 13 heteroatoms. The SMILES string of the molecule is Cn1sc(=O)c2cc(S(=O)(=O)Nc3c(F)cccc3NS(=O)(=O)c3cccs3)ccc21. The third-order valence-electron chi connectivity index (χ3n) is 4.31. The number of fused-ring (bicyclic) bond motifs is 1. The number of aryl methyl sites for hydroxylation is 1. The highest BCUT2D eigenvalue weighted by atomic mass is 32.2. The van der Waals surface area contributed by atoms with Crippen molar-refractivity contribution in [2.24, 2.45) is 7.05 Å². The van der Waals surface area contributed by atoms with Crippen LogP contribution in [0.15, 0.2) is 67.8 Å². The quantitative estimate of drug-likeness (QED) is 0.422. The number of nitrogens with zero attached hydrogens (tertiary/aromatic N) is 1. The minimum absolute atomic E-state index is 0.00989. The molecule has 0 atom stereocenters. The summed E-state index contributed by atoms with van der Waals surface area (Å²) in [5, 5.41) is 1.77. The van der Waals surface area contributed by atoms with E-state index in [1.807, 2.05) is 0 Å². The van der Waals surface area contributed by atoms with Crippen LogP contribution in [0.3, 0.4) is 0 Å². The van der Waals surface area contributed by atoms with Gasteiger partial charge in [-0.2, -0.15) is 0 Å². The van der Waals surface area contributed by atoms with Crippen LogP contribution in [0.1, 0.15) is 0 Å². The lowest BCUT2D eigenvalue weighted by Crippen LogP contribution is -2.18. The summed E-state index contributed by atoms with van der Waals surface area (Å²) in [6, 6.07) is 10.4. The van der Waals surface area contributed by atoms with Gasteiger partial charge in [0, 0.05) is 7.05 Å². The summed E-state index contributed by atoms with van der Waals surface area (Å²) in [5.74, 6) is -0.970. The van der Waals surface area contributed by atoms with Crippen LogP contribution in [0, 0.1) is 5.82 Å². The van der Waals surface area contributed by atoms with Crippen LogP contribution < -0.4 is 14.2 Å². The first kappa shape index (κ1) is 21.5. The number of halogens is 1. The first-order chi connectivity index (χ1) is 14.6. The van der Waals surface area contributed by atoms with Gasteiger partial charge in [-0.25, -0.2) is 21.2 Å². The molecule has 0 spiro atoms. The number of benzene rings is 2. The maximum absolute atomic E-state index is 14.5. The molecule has 0 fully saturated rings. The fourth-order valence-corrected chi connectivity index (χ4v) is 6.81. The number of sulfonamides is 2. The molecule has 2 heterocycles. The average molecular weight is 500 g/mol. The Morgan fingerprint density at radius 3 is 2.45 bits per heavy atom. The van der Waals surface area contributed by atoms with Gasteiger partial charge >= 0.3 is 0 Å². The fourth-order valence-electron chi connectivity index (χ4n) is 2.86. The van der Waals surface area contributed by atoms with Crippen molar-refractivity contribution >= 4 is 65.2 Å². The smallest absolute Gasteiger partial charge is 0.271 e. The van der Waals surface area contributed by atoms with Crippen LogP contribution in [0.4, 0.5) is 15.8 Å². The lowest BCUT2D eigenvalue weighted by Gasteiger charge is -2.15. The van der Waals surface area contributed by atoms with E-state index in [1.165, 1.54) is 36.4 Å². The number of anilines is 2. The van der Waals surface area contributed by atoms with E-state index >= 15 is 0 Å². The highest BCUT2D eigenvalue weighted by Crippen LogP contribution is 2.31. The topological polar surface area (TPSA) is 114 Å². The number of rotatable bonds is 6. The maximum atomic E-state index is 14.5. The molecule has 0 aliphatic heterocycles. The molecule has 2 N–H and O–H groups in total. The van der Waals surface area contributed by atoms with Crippen molar-refractivity contribution in [2.45, 2.75) is 9.10 Å². The Bertz CT molecular complexity index is 1560. The zero-order chi connectivity index (χ0) is 22.4. The molecule has 0 unspecified atom stereocenters. The first-order valence-corrected chi connectivity index (χ1v) is 13.2. The van der Waals surface area contributed by atoms with E-state index in [1.54, 1.807) is 22.5 Å². The fraction of sp³-hybridized carbons (Fsp3) is 0.0556. The summed E-state index contributed by atoms with van der Waals surface area (Å²) in [4.78, 5) is 11.8. The molecule has 31 heavy (non-hydrogen) atoms. The third kappa shape index (κ3) is 4.08. The lowest BCUT2D eigenvalue weighted by atomic mass is 10.2. The molecule has 0 radical (unpaired) electrons. The van der Waals surface area contributed by atoms with Crippen LogP contribution in [0.25, 0.3) is 10.9 Å². The van der Waals surface area contributed by atoms with E-state index in [0.717, 1.165) is 28.9 Å². The minimum Gasteiger partial charge on any atom is -0.297 e. The van der Waals surface area contributed by atoms with Crippen molar-refractivity contribution in [1.82, 2.24) is 3.96 Å². The van der Waals surface area contributed by atoms with Gasteiger partial charge in [-0.3, -0.25) is 18.2 Å². The van der Waals surface area contributed by atoms with E-state index in [-0.39, 0.29) is 24.9 Å². The van der Waals surface area contributed by atoms with E-state index < -0.39 is 31.6 Å². The molecule has 0 amide bonds. The number of thiophene rings is 1. The summed E-state index contributed by atoms with van der Waals surface area (Å²) < 4.78 is 70.9.